The molecule has 0 fully saturated rings. The summed E-state index contributed by atoms with van der Waals surface area (Å²) in [5.41, 5.74) is -6.14. The van der Waals surface area contributed by atoms with Crippen LogP contribution >= 0.6 is 0 Å². The van der Waals surface area contributed by atoms with Gasteiger partial charge in [0.05, 0.1) is 0 Å². The van der Waals surface area contributed by atoms with Crippen molar-refractivity contribution in [3.8, 4) is 0 Å². The fourth-order valence-electron chi connectivity index (χ4n) is 2.03. The average Bonchev–Trinajstić information content (AvgIpc) is 2.33. The van der Waals surface area contributed by atoms with Crippen LogP contribution in [0.15, 0.2) is 18.2 Å². The Kier molecular flexibility index (Phi) is 4.65. The van der Waals surface area contributed by atoms with E-state index in [4.69, 9.17) is 0 Å². The number of benzene rings is 1. The second-order valence-electron chi connectivity index (χ2n) is 6.23. The summed E-state index contributed by atoms with van der Waals surface area (Å²) in [6.07, 6.45) is -11.5. The molecule has 0 heterocycles. The molecule has 1 rings (SSSR count). The van der Waals surface area contributed by atoms with Crippen LogP contribution in [0, 0.1) is 0 Å². The molecule has 1 aromatic rings. The zero-order valence-electron chi connectivity index (χ0n) is 12.7. The number of hydrogen-bond acceptors (Lipinski definition) is 1. The molecule has 22 heavy (non-hydrogen) atoms. The zero-order valence-corrected chi connectivity index (χ0v) is 12.7. The van der Waals surface area contributed by atoms with E-state index in [2.05, 4.69) is 0 Å². The van der Waals surface area contributed by atoms with Gasteiger partial charge in [0.1, 0.15) is 0 Å². The molecule has 0 aliphatic rings. The molecule has 0 radical (unpaired) electrons. The van der Waals surface area contributed by atoms with Crippen molar-refractivity contribution in [3.05, 3.63) is 34.9 Å². The van der Waals surface area contributed by atoms with E-state index in [1.165, 1.54) is 0 Å². The Hall–Kier alpha value is -1.24. The van der Waals surface area contributed by atoms with E-state index in [-0.39, 0.29) is 6.42 Å². The van der Waals surface area contributed by atoms with Gasteiger partial charge in [0.25, 0.3) is 5.60 Å². The third kappa shape index (κ3) is 3.24. The van der Waals surface area contributed by atoms with Gasteiger partial charge in [0.2, 0.25) is 0 Å². The lowest BCUT2D eigenvalue weighted by atomic mass is 9.81. The number of aliphatic hydroxyl groups is 1. The van der Waals surface area contributed by atoms with Crippen molar-refractivity contribution in [2.75, 3.05) is 0 Å². The normalized spacial score (nSPS) is 14.3. The van der Waals surface area contributed by atoms with Gasteiger partial charge in [-0.15, -0.1) is 0 Å². The van der Waals surface area contributed by atoms with Crippen LogP contribution in [-0.4, -0.2) is 17.5 Å². The van der Waals surface area contributed by atoms with Crippen molar-refractivity contribution in [1.29, 1.82) is 0 Å². The van der Waals surface area contributed by atoms with Crippen LogP contribution in [0.1, 0.15) is 44.4 Å². The molecule has 0 unspecified atom stereocenters. The first-order valence-corrected chi connectivity index (χ1v) is 6.65. The fourth-order valence-corrected chi connectivity index (χ4v) is 2.03. The van der Waals surface area contributed by atoms with Gasteiger partial charge < -0.3 is 5.11 Å². The second-order valence-corrected chi connectivity index (χ2v) is 6.23. The number of hydrogen-bond donors (Lipinski definition) is 1. The highest BCUT2D eigenvalue weighted by Crippen LogP contribution is 2.50. The minimum absolute atomic E-state index is 0.253. The molecule has 0 saturated carbocycles. The standard InChI is InChI=1S/C15H18F6O/c1-5-9-6-10(12(2,3)4)8-11(7-9)13(22,14(16,17)18)15(19,20)21/h6-8,22H,5H2,1-4H3. The van der Waals surface area contributed by atoms with Crippen LogP contribution in [0.2, 0.25) is 0 Å². The van der Waals surface area contributed by atoms with Gasteiger partial charge in [-0.05, 0) is 23.0 Å². The molecule has 0 bridgehead atoms. The molecular formula is C15H18F6O. The van der Waals surface area contributed by atoms with Gasteiger partial charge in [-0.25, -0.2) is 0 Å². The molecular weight excluding hydrogens is 310 g/mol. The van der Waals surface area contributed by atoms with Gasteiger partial charge in [-0.3, -0.25) is 0 Å². The molecule has 0 aliphatic heterocycles. The van der Waals surface area contributed by atoms with Gasteiger partial charge in [-0.2, -0.15) is 26.3 Å². The Morgan fingerprint density at radius 3 is 1.55 bits per heavy atom. The first-order chi connectivity index (χ1) is 9.64. The van der Waals surface area contributed by atoms with Gasteiger partial charge in [0.15, 0.2) is 0 Å². The molecule has 1 N–H and O–H groups in total. The number of rotatable bonds is 2. The molecule has 0 spiro atoms. The van der Waals surface area contributed by atoms with Crippen LogP contribution in [0.25, 0.3) is 0 Å². The Balaban J connectivity index is 3.71. The van der Waals surface area contributed by atoms with Crippen molar-refractivity contribution in [3.63, 3.8) is 0 Å². The van der Waals surface area contributed by atoms with Crippen molar-refractivity contribution in [2.45, 2.75) is 57.5 Å². The lowest BCUT2D eigenvalue weighted by Gasteiger charge is -2.34. The van der Waals surface area contributed by atoms with E-state index in [1.54, 1.807) is 33.8 Å². The van der Waals surface area contributed by atoms with E-state index >= 15 is 0 Å². The Labute approximate surface area is 125 Å². The minimum atomic E-state index is -5.87. The predicted molar refractivity (Wildman–Crippen MR) is 70.5 cm³/mol. The van der Waals surface area contributed by atoms with Crippen molar-refractivity contribution in [1.82, 2.24) is 0 Å². The summed E-state index contributed by atoms with van der Waals surface area (Å²) in [6.45, 7) is 6.63. The molecule has 0 amide bonds. The molecule has 7 heteroatoms. The maximum atomic E-state index is 13.0. The highest BCUT2D eigenvalue weighted by Gasteiger charge is 2.71. The second kappa shape index (κ2) is 5.44. The first kappa shape index (κ1) is 18.8. The Morgan fingerprint density at radius 1 is 0.818 bits per heavy atom. The molecule has 0 aliphatic carbocycles. The van der Waals surface area contributed by atoms with E-state index in [1.807, 2.05) is 0 Å². The van der Waals surface area contributed by atoms with Crippen LogP contribution in [0.3, 0.4) is 0 Å². The van der Waals surface area contributed by atoms with Gasteiger partial charge >= 0.3 is 12.4 Å². The summed E-state index contributed by atoms with van der Waals surface area (Å²) in [5, 5.41) is 9.52. The Morgan fingerprint density at radius 2 is 1.23 bits per heavy atom. The molecule has 0 saturated heterocycles. The predicted octanol–water partition coefficient (Wildman–Crippen LogP) is 4.86. The third-order valence-corrected chi connectivity index (χ3v) is 3.51. The van der Waals surface area contributed by atoms with Gasteiger partial charge in [0, 0.05) is 5.56 Å². The molecule has 0 aromatic heterocycles. The fraction of sp³-hybridized carbons (Fsp3) is 0.600. The number of halogens is 6. The summed E-state index contributed by atoms with van der Waals surface area (Å²) >= 11 is 0. The topological polar surface area (TPSA) is 20.2 Å². The molecule has 0 atom stereocenters. The summed E-state index contributed by atoms with van der Waals surface area (Å²) in [6, 6.07) is 3.09. The smallest absolute Gasteiger partial charge is 0.369 e. The summed E-state index contributed by atoms with van der Waals surface area (Å²) < 4.78 is 77.9. The highest BCUT2D eigenvalue weighted by atomic mass is 19.4. The van der Waals surface area contributed by atoms with Gasteiger partial charge in [-0.1, -0.05) is 45.9 Å². The number of alkyl halides is 6. The lowest BCUT2D eigenvalue weighted by molar-refractivity contribution is -0.376. The van der Waals surface area contributed by atoms with E-state index in [9.17, 15) is 31.4 Å². The summed E-state index contributed by atoms with van der Waals surface area (Å²) in [7, 11) is 0. The van der Waals surface area contributed by atoms with Crippen molar-refractivity contribution in [2.24, 2.45) is 0 Å². The van der Waals surface area contributed by atoms with Crippen molar-refractivity contribution >= 4 is 0 Å². The first-order valence-electron chi connectivity index (χ1n) is 6.65. The quantitative estimate of drug-likeness (QED) is 0.769. The lowest BCUT2D eigenvalue weighted by Crippen LogP contribution is -2.54. The average molecular weight is 328 g/mol. The van der Waals surface area contributed by atoms with Crippen LogP contribution in [0.4, 0.5) is 26.3 Å². The zero-order chi connectivity index (χ0) is 17.6. The summed E-state index contributed by atoms with van der Waals surface area (Å²) in [5.74, 6) is 0. The maximum absolute atomic E-state index is 13.0. The Bertz CT molecular complexity index is 522. The van der Waals surface area contributed by atoms with Crippen molar-refractivity contribution < 1.29 is 31.4 Å². The van der Waals surface area contributed by atoms with Crippen LogP contribution in [-0.2, 0) is 17.4 Å². The SMILES string of the molecule is CCc1cc(C(C)(C)C)cc(C(O)(C(F)(F)F)C(F)(F)F)c1. The molecule has 126 valence electrons. The largest absolute Gasteiger partial charge is 0.430 e. The molecule has 1 aromatic carbocycles. The van der Waals surface area contributed by atoms with E-state index in [0.717, 1.165) is 12.1 Å². The van der Waals surface area contributed by atoms with Crippen LogP contribution in [0.5, 0.6) is 0 Å². The maximum Gasteiger partial charge on any atom is 0.430 e. The minimum Gasteiger partial charge on any atom is -0.369 e. The summed E-state index contributed by atoms with van der Waals surface area (Å²) in [4.78, 5) is 0. The third-order valence-electron chi connectivity index (χ3n) is 3.51. The monoisotopic (exact) mass is 328 g/mol. The highest BCUT2D eigenvalue weighted by molar-refractivity contribution is 5.38. The number of aryl methyl sites for hydroxylation is 1. The van der Waals surface area contributed by atoms with Crippen LogP contribution < -0.4 is 0 Å². The molecule has 1 nitrogen and oxygen atoms in total. The van der Waals surface area contributed by atoms with E-state index < -0.39 is 28.9 Å². The van der Waals surface area contributed by atoms with E-state index in [0.29, 0.717) is 11.1 Å².